The van der Waals surface area contributed by atoms with E-state index < -0.39 is 0 Å². The molecule has 0 saturated heterocycles. The van der Waals surface area contributed by atoms with Crippen LogP contribution < -0.4 is 0 Å². The van der Waals surface area contributed by atoms with Gasteiger partial charge in [0.1, 0.15) is 11.5 Å². The molecule has 0 aliphatic heterocycles. The zero-order chi connectivity index (χ0) is 17.7. The Balaban J connectivity index is 1.81. The van der Waals surface area contributed by atoms with Gasteiger partial charge in [-0.05, 0) is 55.4 Å². The highest BCUT2D eigenvalue weighted by Crippen LogP contribution is 2.34. The van der Waals surface area contributed by atoms with Crippen molar-refractivity contribution in [2.75, 3.05) is 0 Å². The van der Waals surface area contributed by atoms with Gasteiger partial charge in [0.05, 0.1) is 0 Å². The minimum absolute atomic E-state index is 0.476. The van der Waals surface area contributed by atoms with Crippen LogP contribution >= 0.6 is 11.3 Å². The topological polar surface area (TPSA) is 13.1 Å². The van der Waals surface area contributed by atoms with Crippen LogP contribution in [0.4, 0.5) is 0 Å². The Morgan fingerprint density at radius 2 is 1.38 bits per heavy atom. The van der Waals surface area contributed by atoms with E-state index in [0.29, 0.717) is 23.7 Å². The Hall–Kier alpha value is -1.02. The van der Waals surface area contributed by atoms with Gasteiger partial charge in [-0.1, -0.05) is 48.0 Å². The highest BCUT2D eigenvalue weighted by Gasteiger charge is 2.15. The second kappa shape index (κ2) is 8.89. The molecule has 0 saturated carbocycles. The summed E-state index contributed by atoms with van der Waals surface area (Å²) in [5.41, 5.74) is 0. The summed E-state index contributed by atoms with van der Waals surface area (Å²) in [5.74, 6) is 4.63. The minimum atomic E-state index is 0.476. The molecule has 2 heterocycles. The molecular weight excluding hydrogens is 312 g/mol. The molecule has 3 atom stereocenters. The summed E-state index contributed by atoms with van der Waals surface area (Å²) in [6.45, 7) is 13.6. The molecule has 0 spiro atoms. The fourth-order valence-electron chi connectivity index (χ4n) is 3.06. The molecule has 0 aliphatic carbocycles. The van der Waals surface area contributed by atoms with E-state index in [1.165, 1.54) is 25.7 Å². The molecule has 24 heavy (non-hydrogen) atoms. The smallest absolute Gasteiger partial charge is 0.106 e. The Labute approximate surface area is 152 Å². The monoisotopic (exact) mass is 346 g/mol. The first-order valence-corrected chi connectivity index (χ1v) is 10.4. The SMILES string of the molecule is CCC(C)c1ccc(C(C)CCCC(C)c2ccc(C(C)C)o2)s1. The van der Waals surface area contributed by atoms with Crippen molar-refractivity contribution in [3.05, 3.63) is 45.5 Å². The summed E-state index contributed by atoms with van der Waals surface area (Å²) in [7, 11) is 0. The van der Waals surface area contributed by atoms with E-state index in [1.807, 2.05) is 11.3 Å². The van der Waals surface area contributed by atoms with Crippen LogP contribution in [0.2, 0.25) is 0 Å². The van der Waals surface area contributed by atoms with E-state index in [2.05, 4.69) is 65.8 Å². The van der Waals surface area contributed by atoms with Gasteiger partial charge in [0.15, 0.2) is 0 Å². The van der Waals surface area contributed by atoms with Crippen LogP contribution in [0.15, 0.2) is 28.7 Å². The summed E-state index contributed by atoms with van der Waals surface area (Å²) < 4.78 is 5.99. The third-order valence-electron chi connectivity index (χ3n) is 5.21. The lowest BCUT2D eigenvalue weighted by Gasteiger charge is -2.12. The van der Waals surface area contributed by atoms with E-state index in [1.54, 1.807) is 9.75 Å². The Bertz CT molecular complexity index is 607. The van der Waals surface area contributed by atoms with Gasteiger partial charge in [-0.2, -0.15) is 0 Å². The number of hydrogen-bond donors (Lipinski definition) is 0. The Kier molecular flexibility index (Phi) is 7.16. The predicted molar refractivity (Wildman–Crippen MR) is 107 cm³/mol. The molecule has 2 rings (SSSR count). The molecule has 0 amide bonds. The van der Waals surface area contributed by atoms with Crippen molar-refractivity contribution in [3.8, 4) is 0 Å². The largest absolute Gasteiger partial charge is 0.466 e. The van der Waals surface area contributed by atoms with Gasteiger partial charge in [-0.3, -0.25) is 0 Å². The van der Waals surface area contributed by atoms with Crippen LogP contribution in [-0.4, -0.2) is 0 Å². The van der Waals surface area contributed by atoms with Gasteiger partial charge in [0.2, 0.25) is 0 Å². The van der Waals surface area contributed by atoms with Gasteiger partial charge < -0.3 is 4.42 Å². The molecule has 0 aromatic carbocycles. The molecule has 0 radical (unpaired) electrons. The fraction of sp³-hybridized carbons (Fsp3) is 0.636. The molecule has 0 aliphatic rings. The number of hydrogen-bond acceptors (Lipinski definition) is 2. The van der Waals surface area contributed by atoms with Gasteiger partial charge in [-0.15, -0.1) is 11.3 Å². The van der Waals surface area contributed by atoms with Crippen molar-refractivity contribution >= 4 is 11.3 Å². The number of rotatable bonds is 9. The molecule has 134 valence electrons. The molecular formula is C22H34OS. The standard InChI is InChI=1S/C22H34OS/c1-7-16(4)21-13-14-22(24-21)18(6)10-8-9-17(5)20-12-11-19(23-20)15(2)3/h11-18H,7-10H2,1-6H3. The van der Waals surface area contributed by atoms with Crippen molar-refractivity contribution in [2.45, 2.75) is 90.9 Å². The average Bonchev–Trinajstić information content (AvgIpc) is 3.23. The van der Waals surface area contributed by atoms with Crippen LogP contribution in [-0.2, 0) is 0 Å². The number of furan rings is 1. The van der Waals surface area contributed by atoms with Gasteiger partial charge >= 0.3 is 0 Å². The second-order valence-electron chi connectivity index (χ2n) is 7.68. The first kappa shape index (κ1) is 19.3. The van der Waals surface area contributed by atoms with Crippen molar-refractivity contribution in [1.29, 1.82) is 0 Å². The third-order valence-corrected chi connectivity index (χ3v) is 6.76. The van der Waals surface area contributed by atoms with Crippen LogP contribution in [0.5, 0.6) is 0 Å². The summed E-state index contributed by atoms with van der Waals surface area (Å²) in [5, 5.41) is 0. The average molecular weight is 347 g/mol. The van der Waals surface area contributed by atoms with Gasteiger partial charge in [0, 0.05) is 21.6 Å². The van der Waals surface area contributed by atoms with E-state index in [4.69, 9.17) is 4.42 Å². The predicted octanol–water partition coefficient (Wildman–Crippen LogP) is 8.06. The molecule has 1 nitrogen and oxygen atoms in total. The first-order chi connectivity index (χ1) is 11.4. The highest BCUT2D eigenvalue weighted by molar-refractivity contribution is 7.12. The third kappa shape index (κ3) is 4.99. The molecule has 0 bridgehead atoms. The normalized spacial score (nSPS) is 15.6. The fourth-order valence-corrected chi connectivity index (χ4v) is 4.29. The van der Waals surface area contributed by atoms with Crippen molar-refractivity contribution < 1.29 is 4.42 Å². The van der Waals surface area contributed by atoms with Crippen molar-refractivity contribution in [2.24, 2.45) is 0 Å². The first-order valence-electron chi connectivity index (χ1n) is 9.61. The lowest BCUT2D eigenvalue weighted by Crippen LogP contribution is -1.95. The van der Waals surface area contributed by atoms with E-state index in [9.17, 15) is 0 Å². The second-order valence-corrected chi connectivity index (χ2v) is 8.82. The number of thiophene rings is 1. The van der Waals surface area contributed by atoms with Crippen LogP contribution in [0.25, 0.3) is 0 Å². The van der Waals surface area contributed by atoms with Crippen molar-refractivity contribution in [3.63, 3.8) is 0 Å². The van der Waals surface area contributed by atoms with Crippen LogP contribution in [0, 0.1) is 0 Å². The van der Waals surface area contributed by atoms with Gasteiger partial charge in [-0.25, -0.2) is 0 Å². The Morgan fingerprint density at radius 3 is 1.96 bits per heavy atom. The molecule has 0 N–H and O–H groups in total. The summed E-state index contributed by atoms with van der Waals surface area (Å²) in [6.07, 6.45) is 4.96. The summed E-state index contributed by atoms with van der Waals surface area (Å²) in [4.78, 5) is 3.10. The maximum absolute atomic E-state index is 5.99. The quantitative estimate of drug-likeness (QED) is 0.447. The lowest BCUT2D eigenvalue weighted by molar-refractivity contribution is 0.409. The highest BCUT2D eigenvalue weighted by atomic mass is 32.1. The summed E-state index contributed by atoms with van der Waals surface area (Å²) >= 11 is 2.02. The van der Waals surface area contributed by atoms with E-state index in [0.717, 1.165) is 11.5 Å². The van der Waals surface area contributed by atoms with E-state index in [-0.39, 0.29) is 0 Å². The van der Waals surface area contributed by atoms with Crippen molar-refractivity contribution in [1.82, 2.24) is 0 Å². The molecule has 2 heteroatoms. The van der Waals surface area contributed by atoms with Crippen LogP contribution in [0.3, 0.4) is 0 Å². The maximum atomic E-state index is 5.99. The molecule has 2 aromatic rings. The van der Waals surface area contributed by atoms with Gasteiger partial charge in [0.25, 0.3) is 0 Å². The van der Waals surface area contributed by atoms with Crippen LogP contribution in [0.1, 0.15) is 112 Å². The van der Waals surface area contributed by atoms with E-state index >= 15 is 0 Å². The summed E-state index contributed by atoms with van der Waals surface area (Å²) in [6, 6.07) is 8.99. The zero-order valence-corrected chi connectivity index (χ0v) is 17.1. The zero-order valence-electron chi connectivity index (χ0n) is 16.3. The minimum Gasteiger partial charge on any atom is -0.466 e. The molecule has 0 fully saturated rings. The maximum Gasteiger partial charge on any atom is 0.106 e. The molecule has 2 aromatic heterocycles. The lowest BCUT2D eigenvalue weighted by atomic mass is 9.96. The molecule has 3 unspecified atom stereocenters. The Morgan fingerprint density at radius 1 is 0.792 bits per heavy atom.